The average Bonchev–Trinajstić information content (AvgIpc) is 0.744. The van der Waals surface area contributed by atoms with Gasteiger partial charge in [-0.3, -0.25) is 38.4 Å². The topological polar surface area (TPSA) is 573 Å². The van der Waals surface area contributed by atoms with Crippen molar-refractivity contribution in [2.75, 3.05) is 40.8 Å². The van der Waals surface area contributed by atoms with Crippen LogP contribution in [0.1, 0.15) is 140 Å². The molecule has 8 amide bonds. The largest absolute Gasteiger partial charge is 0.508 e. The van der Waals surface area contributed by atoms with E-state index in [1.165, 1.54) is 49.5 Å². The summed E-state index contributed by atoms with van der Waals surface area (Å²) < 4.78 is 44.5. The highest BCUT2D eigenvalue weighted by molar-refractivity contribution is 6.33. The molecule has 0 aliphatic carbocycles. The van der Waals surface area contributed by atoms with Gasteiger partial charge in [0.05, 0.1) is 16.7 Å². The Morgan fingerprint density at radius 1 is 0.567 bits per heavy atom. The fraction of sp³-hybridized carbons (Fsp3) is 0.414. The molecule has 8 aliphatic heterocycles. The van der Waals surface area contributed by atoms with Crippen molar-refractivity contribution in [1.82, 2.24) is 52.8 Å². The van der Waals surface area contributed by atoms with Crippen molar-refractivity contribution in [1.29, 1.82) is 0 Å². The van der Waals surface area contributed by atoms with Crippen LogP contribution >= 0.6 is 23.2 Å². The van der Waals surface area contributed by atoms with E-state index in [2.05, 4.69) is 61.7 Å². The molecule has 678 valence electrons. The number of halogens is 2. The van der Waals surface area contributed by atoms with Gasteiger partial charge in [0.2, 0.25) is 65.6 Å². The lowest BCUT2D eigenvalue weighted by molar-refractivity contribution is -0.277. The number of ether oxygens (including phenoxy) is 7. The Labute approximate surface area is 735 Å². The number of phenolic OH excluding ortho intramolecular Hbond substituents is 4. The van der Waals surface area contributed by atoms with Crippen LogP contribution < -0.4 is 71.5 Å². The lowest BCUT2D eigenvalue weighted by Crippen LogP contribution is -2.66. The molecule has 8 aliphatic rings. The van der Waals surface area contributed by atoms with Crippen LogP contribution in [-0.4, -0.2) is 234 Å². The number of phenols is 4. The molecule has 0 unspecified atom stereocenters. The molecule has 0 spiro atoms. The molecule has 21 N–H and O–H groups in total. The van der Waals surface area contributed by atoms with E-state index in [4.69, 9.17) is 56.4 Å². The molecule has 15 rings (SSSR count). The number of aliphatic hydroxyl groups is 7. The Bertz CT molecular complexity index is 5320. The first-order valence-corrected chi connectivity index (χ1v) is 41.8. The predicted octanol–water partition coefficient (Wildman–Crippen LogP) is 3.78. The van der Waals surface area contributed by atoms with Gasteiger partial charge >= 0.3 is 5.97 Å². The van der Waals surface area contributed by atoms with Crippen molar-refractivity contribution in [3.63, 3.8) is 0 Å². The zero-order valence-electron chi connectivity index (χ0n) is 69.0. The zero-order chi connectivity index (χ0) is 91.3. The average molecular weight is 1800 g/mol. The number of aliphatic hydroxyl groups excluding tert-OH is 7. The maximum absolute atomic E-state index is 16.8. The number of carboxylic acid groups (broad SMARTS) is 1. The van der Waals surface area contributed by atoms with Crippen LogP contribution in [0.5, 0.6) is 69.0 Å². The molecule has 18 atom stereocenters. The van der Waals surface area contributed by atoms with E-state index < -0.39 is 271 Å². The second-order valence-corrected chi connectivity index (χ2v) is 33.1. The lowest BCUT2D eigenvalue weighted by atomic mass is 9.89. The fourth-order valence-corrected chi connectivity index (χ4v) is 16.2. The molecule has 17 bridgehead atoms. The summed E-state index contributed by atoms with van der Waals surface area (Å²) in [6, 6.07) is 5.66. The SMILES string of the molecule is CN[C@H]1C(=O)N[C@@H]2Cc3ccc(cc3)Oc3cc4cc(c3O[C@@H]3O[C@H](C(=O)O)[C@@H](O)[C@H](O)[C@H]3NC(=O)CCCCCCCC(C)C)Oc3ccc(cc3Cl)[C@@H](O)[C@@H]3NC(=O)[C@H](NC(=O)[C@@H]4NC(=O)[C@@H](NC2=O)c2cc(cc(O)c2Cl)Oc2cc1ccc2O)c1ccc(O)c(c1)-c1c(O[C@H]2O[C@H](CO)[C@@H](O)[C@H](O)[C@@H]2O)cc(O)cc1[C@H](C(=O)NCCCN(C)C)NC3=O. The predicted molar refractivity (Wildman–Crippen MR) is 447 cm³/mol. The van der Waals surface area contributed by atoms with Crippen LogP contribution in [0.3, 0.4) is 0 Å². The first-order chi connectivity index (χ1) is 60.6. The third-order valence-electron chi connectivity index (χ3n) is 22.5. The van der Waals surface area contributed by atoms with E-state index in [9.17, 15) is 75.7 Å². The summed E-state index contributed by atoms with van der Waals surface area (Å²) in [5.41, 5.74) is -2.68. The van der Waals surface area contributed by atoms with Crippen LogP contribution in [0.25, 0.3) is 11.1 Å². The van der Waals surface area contributed by atoms with Crippen LogP contribution in [0.4, 0.5) is 0 Å². The van der Waals surface area contributed by atoms with Crippen LogP contribution in [0.15, 0.2) is 115 Å². The third kappa shape index (κ3) is 20.9. The van der Waals surface area contributed by atoms with Crippen molar-refractivity contribution in [2.45, 2.75) is 181 Å². The minimum atomic E-state index is -2.45. The van der Waals surface area contributed by atoms with Crippen molar-refractivity contribution in [2.24, 2.45) is 5.92 Å². The molecule has 0 aromatic heterocycles. The van der Waals surface area contributed by atoms with Gasteiger partial charge < -0.3 is 147 Å². The number of benzene rings is 7. The Hall–Kier alpha value is -11.9. The van der Waals surface area contributed by atoms with Gasteiger partial charge in [0, 0.05) is 48.2 Å². The number of amides is 8. The monoisotopic (exact) mass is 1800 g/mol. The Balaban J connectivity index is 1.05. The summed E-state index contributed by atoms with van der Waals surface area (Å²) in [4.78, 5) is 140. The summed E-state index contributed by atoms with van der Waals surface area (Å²) in [6.07, 6.45) is -16.9. The van der Waals surface area contributed by atoms with Crippen molar-refractivity contribution in [3.8, 4) is 80.1 Å². The van der Waals surface area contributed by atoms with Crippen LogP contribution in [0, 0.1) is 5.92 Å². The summed E-state index contributed by atoms with van der Waals surface area (Å²) in [6.45, 7) is 3.56. The molecule has 2 saturated heterocycles. The number of aromatic hydroxyl groups is 4. The quantitative estimate of drug-likeness (QED) is 0.0455. The van der Waals surface area contributed by atoms with Crippen LogP contribution in [-0.2, 0) is 59.0 Å². The van der Waals surface area contributed by atoms with Crippen LogP contribution in [0.2, 0.25) is 10.0 Å². The zero-order valence-corrected chi connectivity index (χ0v) is 70.5. The van der Waals surface area contributed by atoms with Crippen molar-refractivity contribution < 1.29 is 138 Å². The number of likely N-dealkylation sites (N-methyl/N-ethyl adjacent to an activating group) is 1. The van der Waals surface area contributed by atoms with Gasteiger partial charge in [0.15, 0.2) is 29.1 Å². The maximum Gasteiger partial charge on any atom is 0.335 e. The summed E-state index contributed by atoms with van der Waals surface area (Å²) in [5, 5.41) is 161. The molecule has 2 fully saturated rings. The van der Waals surface area contributed by atoms with Crippen molar-refractivity contribution in [3.05, 3.63) is 164 Å². The standard InChI is InChI=1S/C87H98Cl2N10O28/c1-37(2)12-9-7-6-8-10-13-60(105)93-69-72(108)74(110)77(85(119)120)127-86(69)126-76-57-30-42-31-58(76)123-54-23-18-41(28-49(54)88)70(106)68-84(118)97-66(79(113)91-24-11-25-99(4)5)47-32-43(101)33-56(124-87-75(111)73(109)71(107)59(36-100)125-87)61(47)46-27-39(16-21-51(46)102)64(81(115)98-68)94-82(116)65(42)95-83(117)67-48-34-45(35-53(104)62(48)89)122-55-29-40(17-22-52(55)103)63(90-3)80(114)92-50(78(112)96-67)26-38-14-19-44(121-57)20-15-38/h14-23,27-35,37,50,59,63-75,77,86-87,90,100-104,106-111H,6-13,24-26,36H2,1-5H3,(H,91,113)(H,92,114)(H,93,105)(H,94,116)(H,95,117)(H,96,112)(H,97,118)(H,98,115)(H,119,120)/t50-,59-,63-,64-,65-,66-,67+,68+,69-,70-,71-,72-,73+,74+,75+,77+,86-,87+/m1/s1. The molecule has 0 radical (unpaired) electrons. The molecular weight excluding hydrogens is 1700 g/mol. The van der Waals surface area contributed by atoms with Gasteiger partial charge in [-0.2, -0.15) is 0 Å². The van der Waals surface area contributed by atoms with E-state index in [1.807, 2.05) is 0 Å². The number of unbranched alkanes of at least 4 members (excludes halogenated alkanes) is 4. The Morgan fingerprint density at radius 2 is 1.22 bits per heavy atom. The Kier molecular flexibility index (Phi) is 29.2. The van der Waals surface area contributed by atoms with Gasteiger partial charge in [0.25, 0.3) is 0 Å². The number of nitrogens with zero attached hydrogens (tertiary/aromatic N) is 1. The highest BCUT2D eigenvalue weighted by Crippen LogP contribution is 2.51. The summed E-state index contributed by atoms with van der Waals surface area (Å²) in [5.74, 6) is -17.5. The maximum atomic E-state index is 16.8. The summed E-state index contributed by atoms with van der Waals surface area (Å²) >= 11 is 14.3. The number of rotatable bonds is 21. The molecule has 8 heterocycles. The van der Waals surface area contributed by atoms with E-state index in [1.54, 1.807) is 19.0 Å². The molecule has 7 aromatic carbocycles. The van der Waals surface area contributed by atoms with E-state index in [0.29, 0.717) is 30.9 Å². The Morgan fingerprint density at radius 3 is 1.92 bits per heavy atom. The number of hydrogen-bond donors (Lipinski definition) is 21. The fourth-order valence-electron chi connectivity index (χ4n) is 15.7. The molecule has 127 heavy (non-hydrogen) atoms. The van der Waals surface area contributed by atoms with Gasteiger partial charge in [0.1, 0.15) is 131 Å². The van der Waals surface area contributed by atoms with Gasteiger partial charge in [-0.25, -0.2) is 4.79 Å². The normalized spacial score (nSPS) is 26.0. The van der Waals surface area contributed by atoms with Gasteiger partial charge in [-0.05, 0) is 153 Å². The van der Waals surface area contributed by atoms with Gasteiger partial charge in [-0.1, -0.05) is 99.5 Å². The first-order valence-electron chi connectivity index (χ1n) is 41.0. The summed E-state index contributed by atoms with van der Waals surface area (Å²) in [7, 11) is 4.95. The lowest BCUT2D eigenvalue weighted by Gasteiger charge is -2.41. The molecule has 40 heteroatoms. The van der Waals surface area contributed by atoms with E-state index >= 15 is 28.8 Å². The van der Waals surface area contributed by atoms with E-state index in [-0.39, 0.29) is 47.8 Å². The van der Waals surface area contributed by atoms with Crippen molar-refractivity contribution >= 4 is 76.4 Å². The highest BCUT2D eigenvalue weighted by atomic mass is 35.5. The minimum Gasteiger partial charge on any atom is -0.508 e. The van der Waals surface area contributed by atoms with E-state index in [0.717, 1.165) is 98.5 Å². The number of nitrogens with one attached hydrogen (secondary N) is 9. The van der Waals surface area contributed by atoms with Gasteiger partial charge in [-0.15, -0.1) is 0 Å². The molecule has 7 aromatic rings. The number of carboxylic acids is 1. The minimum absolute atomic E-state index is 0.0944. The molecular formula is C87H98Cl2N10O28. The number of carbonyl (C=O) groups is 9. The third-order valence-corrected chi connectivity index (χ3v) is 23.2. The first kappa shape index (κ1) is 92.8. The highest BCUT2D eigenvalue weighted by Gasteiger charge is 2.52. The second kappa shape index (κ2) is 40.0. The number of aliphatic carboxylic acids is 1. The number of fused-ring (bicyclic) bond motifs is 14. The molecule has 38 nitrogen and oxygen atoms in total. The second-order valence-electron chi connectivity index (χ2n) is 32.3. The molecule has 0 saturated carbocycles. The smallest absolute Gasteiger partial charge is 0.335 e. The number of hydrogen-bond acceptors (Lipinski definition) is 29. The number of carbonyl (C=O) groups excluding carboxylic acids is 8.